The van der Waals surface area contributed by atoms with Gasteiger partial charge in [0.15, 0.2) is 0 Å². The highest BCUT2D eigenvalue weighted by atomic mass is 19.4. The minimum atomic E-state index is -4.51. The average molecular weight is 582 g/mol. The summed E-state index contributed by atoms with van der Waals surface area (Å²) in [5, 5.41) is 6.11. The van der Waals surface area contributed by atoms with E-state index in [-0.39, 0.29) is 5.91 Å². The molecule has 0 spiro atoms. The van der Waals surface area contributed by atoms with E-state index in [1.165, 1.54) is 0 Å². The van der Waals surface area contributed by atoms with Crippen LogP contribution in [-0.4, -0.2) is 29.1 Å². The molecule has 0 saturated heterocycles. The first kappa shape index (κ1) is 28.3. The van der Waals surface area contributed by atoms with E-state index in [4.69, 9.17) is 0 Å². The average Bonchev–Trinajstić information content (AvgIpc) is 3.56. The van der Waals surface area contributed by atoms with Gasteiger partial charge in [-0.05, 0) is 71.8 Å². The fraction of sp³-hybridized carbons (Fsp3) is 0.200. The molecule has 0 saturated carbocycles. The van der Waals surface area contributed by atoms with Crippen LogP contribution in [0.25, 0.3) is 22.0 Å². The molecule has 1 aliphatic rings. The molecule has 1 heterocycles. The van der Waals surface area contributed by atoms with Crippen LogP contribution in [0.3, 0.4) is 0 Å². The maximum absolute atomic E-state index is 13.7. The van der Waals surface area contributed by atoms with Gasteiger partial charge in [0, 0.05) is 23.7 Å². The Morgan fingerprint density at radius 3 is 2.07 bits per heavy atom. The Morgan fingerprint density at radius 2 is 1.40 bits per heavy atom. The van der Waals surface area contributed by atoms with Gasteiger partial charge in [-0.3, -0.25) is 9.59 Å². The molecular weight excluding hydrogens is 551 g/mol. The number of hydrogen-bond donors (Lipinski definition) is 2. The number of halogens is 3. The van der Waals surface area contributed by atoms with E-state index < -0.39 is 24.0 Å². The molecule has 0 aliphatic heterocycles. The summed E-state index contributed by atoms with van der Waals surface area (Å²) in [4.78, 5) is 26.5. The van der Waals surface area contributed by atoms with Gasteiger partial charge in [-0.25, -0.2) is 0 Å². The Kier molecular flexibility index (Phi) is 7.52. The standard InChI is InChI=1S/C35H30F3N3O2/c36-35(37,38)23-39-33(43)34(28-15-6-4-13-25(28)26-14-5-7-16-29(26)34)20-8-9-21-41-22-19-27-30(17-10-18-31(27)41)40-32(42)24-11-2-1-3-12-24/h1-7,10-19,22H,8-9,20-21,23H2,(H,39,43)(H,40,42). The highest BCUT2D eigenvalue weighted by Crippen LogP contribution is 2.51. The minimum Gasteiger partial charge on any atom is -0.347 e. The molecule has 8 heteroatoms. The number of aryl methyl sites for hydroxylation is 1. The number of aromatic nitrogens is 1. The third-order valence-corrected chi connectivity index (χ3v) is 8.20. The number of nitrogens with one attached hydrogen (secondary N) is 2. The van der Waals surface area contributed by atoms with E-state index in [1.807, 2.05) is 97.2 Å². The Labute approximate surface area is 247 Å². The summed E-state index contributed by atoms with van der Waals surface area (Å²) in [7, 11) is 0. The molecule has 1 aromatic heterocycles. The number of hydrogen-bond acceptors (Lipinski definition) is 2. The highest BCUT2D eigenvalue weighted by Gasteiger charge is 2.49. The number of carbonyl (C=O) groups excluding carboxylic acids is 2. The van der Waals surface area contributed by atoms with E-state index in [0.717, 1.165) is 33.2 Å². The molecule has 6 rings (SSSR count). The molecule has 1 aliphatic carbocycles. The van der Waals surface area contributed by atoms with E-state index in [2.05, 4.69) is 15.2 Å². The van der Waals surface area contributed by atoms with Crippen LogP contribution in [0, 0.1) is 0 Å². The van der Waals surface area contributed by atoms with Crippen LogP contribution in [0.15, 0.2) is 109 Å². The van der Waals surface area contributed by atoms with Crippen LogP contribution in [0.1, 0.15) is 40.7 Å². The zero-order valence-corrected chi connectivity index (χ0v) is 23.3. The van der Waals surface area contributed by atoms with Crippen molar-refractivity contribution < 1.29 is 22.8 Å². The summed E-state index contributed by atoms with van der Waals surface area (Å²) in [6.45, 7) is -0.737. The van der Waals surface area contributed by atoms with E-state index in [9.17, 15) is 22.8 Å². The molecular formula is C35H30F3N3O2. The van der Waals surface area contributed by atoms with Crippen molar-refractivity contribution in [2.45, 2.75) is 37.4 Å². The monoisotopic (exact) mass is 581 g/mol. The van der Waals surface area contributed by atoms with Crippen molar-refractivity contribution in [3.05, 3.63) is 126 Å². The number of fused-ring (bicyclic) bond motifs is 4. The Morgan fingerprint density at radius 1 is 0.744 bits per heavy atom. The normalized spacial score (nSPS) is 13.4. The summed E-state index contributed by atoms with van der Waals surface area (Å²) in [5.74, 6) is -0.820. The Hall–Kier alpha value is -4.85. The molecule has 0 unspecified atom stereocenters. The first-order valence-electron chi connectivity index (χ1n) is 14.3. The van der Waals surface area contributed by atoms with Gasteiger partial charge >= 0.3 is 6.18 Å². The zero-order valence-electron chi connectivity index (χ0n) is 23.3. The third kappa shape index (κ3) is 5.41. The fourth-order valence-corrected chi connectivity index (χ4v) is 6.27. The molecule has 0 radical (unpaired) electrons. The smallest absolute Gasteiger partial charge is 0.347 e. The Balaban J connectivity index is 1.22. The lowest BCUT2D eigenvalue weighted by Crippen LogP contribution is -2.47. The van der Waals surface area contributed by atoms with Crippen molar-refractivity contribution in [2.75, 3.05) is 11.9 Å². The number of benzene rings is 4. The van der Waals surface area contributed by atoms with Crippen molar-refractivity contribution in [2.24, 2.45) is 0 Å². The van der Waals surface area contributed by atoms with Crippen molar-refractivity contribution >= 4 is 28.4 Å². The first-order valence-corrected chi connectivity index (χ1v) is 14.3. The van der Waals surface area contributed by atoms with Gasteiger partial charge < -0.3 is 15.2 Å². The maximum atomic E-state index is 13.7. The van der Waals surface area contributed by atoms with Crippen LogP contribution in [0.2, 0.25) is 0 Å². The van der Waals surface area contributed by atoms with Crippen molar-refractivity contribution in [1.82, 2.24) is 9.88 Å². The van der Waals surface area contributed by atoms with E-state index >= 15 is 0 Å². The van der Waals surface area contributed by atoms with Crippen LogP contribution < -0.4 is 10.6 Å². The Bertz CT molecular complexity index is 1750. The second-order valence-corrected chi connectivity index (χ2v) is 10.8. The fourth-order valence-electron chi connectivity index (χ4n) is 6.27. The van der Waals surface area contributed by atoms with Crippen molar-refractivity contribution in [3.63, 3.8) is 0 Å². The maximum Gasteiger partial charge on any atom is 0.405 e. The number of nitrogens with zero attached hydrogens (tertiary/aromatic N) is 1. The summed E-state index contributed by atoms with van der Waals surface area (Å²) >= 11 is 0. The van der Waals surface area contributed by atoms with Gasteiger partial charge in [0.25, 0.3) is 5.91 Å². The molecule has 0 atom stereocenters. The predicted octanol–water partition coefficient (Wildman–Crippen LogP) is 7.71. The van der Waals surface area contributed by atoms with Gasteiger partial charge in [0.1, 0.15) is 12.0 Å². The number of amides is 2. The van der Waals surface area contributed by atoms with Crippen LogP contribution >= 0.6 is 0 Å². The van der Waals surface area contributed by atoms with Gasteiger partial charge in [0.2, 0.25) is 5.91 Å². The molecule has 0 fully saturated rings. The van der Waals surface area contributed by atoms with Gasteiger partial charge in [-0.2, -0.15) is 13.2 Å². The molecule has 5 aromatic rings. The lowest BCUT2D eigenvalue weighted by Gasteiger charge is -2.31. The summed E-state index contributed by atoms with van der Waals surface area (Å²) < 4.78 is 41.6. The van der Waals surface area contributed by atoms with Gasteiger partial charge in [-0.15, -0.1) is 0 Å². The molecule has 4 aromatic carbocycles. The summed E-state index contributed by atoms with van der Waals surface area (Å²) in [6, 6.07) is 31.7. The third-order valence-electron chi connectivity index (χ3n) is 8.20. The predicted molar refractivity (Wildman–Crippen MR) is 162 cm³/mol. The summed E-state index contributed by atoms with van der Waals surface area (Å²) in [5.41, 5.74) is 4.25. The minimum absolute atomic E-state index is 0.188. The van der Waals surface area contributed by atoms with Gasteiger partial charge in [0.05, 0.1) is 11.2 Å². The quantitative estimate of drug-likeness (QED) is 0.175. The number of rotatable bonds is 9. The van der Waals surface area contributed by atoms with Crippen LogP contribution in [0.5, 0.6) is 0 Å². The summed E-state index contributed by atoms with van der Waals surface area (Å²) in [6.07, 6.45) is -0.879. The zero-order chi connectivity index (χ0) is 30.0. The lowest BCUT2D eigenvalue weighted by atomic mass is 9.73. The number of anilines is 1. The molecule has 43 heavy (non-hydrogen) atoms. The highest BCUT2D eigenvalue weighted by molar-refractivity contribution is 6.09. The second-order valence-electron chi connectivity index (χ2n) is 10.8. The van der Waals surface area contributed by atoms with Crippen molar-refractivity contribution in [3.8, 4) is 11.1 Å². The SMILES string of the molecule is O=C(Nc1cccc2c1ccn2CCCCC1(C(=O)NCC(F)(F)F)c2ccccc2-c2ccccc21)c1ccccc1. The largest absolute Gasteiger partial charge is 0.405 e. The number of unbranched alkanes of at least 4 members (excludes halogenated alkanes) is 1. The van der Waals surface area contributed by atoms with Gasteiger partial charge in [-0.1, -0.05) is 72.8 Å². The molecule has 2 amide bonds. The molecule has 0 bridgehead atoms. The van der Waals surface area contributed by atoms with E-state index in [0.29, 0.717) is 37.1 Å². The molecule has 218 valence electrons. The van der Waals surface area contributed by atoms with Crippen molar-refractivity contribution in [1.29, 1.82) is 0 Å². The topological polar surface area (TPSA) is 63.1 Å². The number of alkyl halides is 3. The van der Waals surface area contributed by atoms with E-state index in [1.54, 1.807) is 12.1 Å². The lowest BCUT2D eigenvalue weighted by molar-refractivity contribution is -0.141. The number of carbonyl (C=O) groups is 2. The second kappa shape index (κ2) is 11.4. The molecule has 5 nitrogen and oxygen atoms in total. The first-order chi connectivity index (χ1) is 20.8. The molecule has 2 N–H and O–H groups in total. The van der Waals surface area contributed by atoms with Crippen LogP contribution in [0.4, 0.5) is 18.9 Å². The van der Waals surface area contributed by atoms with Crippen LogP contribution in [-0.2, 0) is 16.8 Å².